The van der Waals surface area contributed by atoms with Gasteiger partial charge in [0, 0.05) is 35.9 Å². The smallest absolute Gasteiger partial charge is 0.323 e. The van der Waals surface area contributed by atoms with Gasteiger partial charge in [-0.2, -0.15) is 10.2 Å². The number of pyridine rings is 2. The van der Waals surface area contributed by atoms with Crippen LogP contribution in [0.2, 0.25) is 0 Å². The lowest BCUT2D eigenvalue weighted by Crippen LogP contribution is -2.19. The number of hydrogen-bond donors (Lipinski definition) is 2. The first-order valence-corrected chi connectivity index (χ1v) is 11.7. The molecule has 6 rings (SSSR count). The van der Waals surface area contributed by atoms with Gasteiger partial charge in [0.25, 0.3) is 0 Å². The van der Waals surface area contributed by atoms with Crippen molar-refractivity contribution >= 4 is 28.7 Å². The van der Waals surface area contributed by atoms with Crippen LogP contribution in [0.25, 0.3) is 11.3 Å². The van der Waals surface area contributed by atoms with Crippen LogP contribution in [-0.2, 0) is 0 Å². The maximum atomic E-state index is 12.6. The predicted molar refractivity (Wildman–Crippen MR) is 141 cm³/mol. The number of nitrogens with zero attached hydrogens (tertiary/aromatic N) is 6. The number of anilines is 2. The molecule has 11 heteroatoms. The molecule has 0 bridgehead atoms. The average Bonchev–Trinajstić information content (AvgIpc) is 3.56. The van der Waals surface area contributed by atoms with Gasteiger partial charge in [-0.25, -0.2) is 23.8 Å². The molecule has 0 aliphatic carbocycles. The molecule has 38 heavy (non-hydrogen) atoms. The SMILES string of the molecule is Cc1cc(NC(=O)Nc2ccc(Oc3ccn4ncnc4c3)c(C)c2)ccc1Oc1ccn2ncnc2c1. The first kappa shape index (κ1) is 23.0. The summed E-state index contributed by atoms with van der Waals surface area (Å²) in [7, 11) is 0. The number of amides is 2. The third-order valence-corrected chi connectivity index (χ3v) is 5.83. The van der Waals surface area contributed by atoms with Gasteiger partial charge < -0.3 is 20.1 Å². The zero-order valence-electron chi connectivity index (χ0n) is 20.5. The summed E-state index contributed by atoms with van der Waals surface area (Å²) < 4.78 is 15.3. The standard InChI is InChI=1S/C27H22N8O3/c1-17-11-19(3-5-23(17)37-21-7-9-34-25(13-21)28-15-30-34)32-27(36)33-20-4-6-24(18(2)12-20)38-22-8-10-35-26(14-22)29-16-31-35/h3-16H,1-2H3,(H2,32,33,36). The molecule has 0 unspecified atom stereocenters. The molecule has 4 heterocycles. The van der Waals surface area contributed by atoms with E-state index >= 15 is 0 Å². The Morgan fingerprint density at radius 1 is 0.684 bits per heavy atom. The Bertz CT molecular complexity index is 1660. The number of nitrogens with one attached hydrogen (secondary N) is 2. The fraction of sp³-hybridized carbons (Fsp3) is 0.0741. The molecule has 0 spiro atoms. The summed E-state index contributed by atoms with van der Waals surface area (Å²) in [5.41, 5.74) is 4.40. The molecule has 0 aliphatic heterocycles. The summed E-state index contributed by atoms with van der Waals surface area (Å²) in [5.74, 6) is 2.64. The zero-order chi connectivity index (χ0) is 26.1. The number of aryl methyl sites for hydroxylation is 2. The Morgan fingerprint density at radius 3 is 1.61 bits per heavy atom. The second kappa shape index (κ2) is 9.54. The van der Waals surface area contributed by atoms with E-state index in [1.807, 2.05) is 50.2 Å². The van der Waals surface area contributed by atoms with Gasteiger partial charge in [0.15, 0.2) is 11.3 Å². The van der Waals surface area contributed by atoms with Gasteiger partial charge in [-0.1, -0.05) is 0 Å². The zero-order valence-corrected chi connectivity index (χ0v) is 20.5. The maximum Gasteiger partial charge on any atom is 0.323 e. The van der Waals surface area contributed by atoms with Crippen LogP contribution in [0.3, 0.4) is 0 Å². The van der Waals surface area contributed by atoms with E-state index in [1.165, 1.54) is 12.7 Å². The Labute approximate surface area is 216 Å². The van der Waals surface area contributed by atoms with Crippen LogP contribution in [0.4, 0.5) is 16.2 Å². The number of aromatic nitrogens is 6. The van der Waals surface area contributed by atoms with E-state index in [1.54, 1.807) is 45.7 Å². The van der Waals surface area contributed by atoms with Gasteiger partial charge in [0.05, 0.1) is 0 Å². The second-order valence-electron chi connectivity index (χ2n) is 8.59. The molecule has 4 aromatic heterocycles. The van der Waals surface area contributed by atoms with E-state index in [-0.39, 0.29) is 6.03 Å². The van der Waals surface area contributed by atoms with Crippen LogP contribution in [0, 0.1) is 13.8 Å². The van der Waals surface area contributed by atoms with Crippen molar-refractivity contribution in [2.45, 2.75) is 13.8 Å². The molecule has 0 atom stereocenters. The van der Waals surface area contributed by atoms with Crippen molar-refractivity contribution in [2.75, 3.05) is 10.6 Å². The fourth-order valence-corrected chi connectivity index (χ4v) is 3.95. The number of fused-ring (bicyclic) bond motifs is 2. The Kier molecular flexibility index (Phi) is 5.77. The summed E-state index contributed by atoms with van der Waals surface area (Å²) in [6.45, 7) is 3.83. The molecule has 0 aliphatic rings. The lowest BCUT2D eigenvalue weighted by Gasteiger charge is -2.13. The van der Waals surface area contributed by atoms with Crippen molar-refractivity contribution in [3.8, 4) is 23.0 Å². The topological polar surface area (TPSA) is 120 Å². The maximum absolute atomic E-state index is 12.6. The Morgan fingerprint density at radius 2 is 1.16 bits per heavy atom. The van der Waals surface area contributed by atoms with E-state index in [9.17, 15) is 4.79 Å². The van der Waals surface area contributed by atoms with E-state index in [4.69, 9.17) is 9.47 Å². The Hall–Kier alpha value is -5.45. The molecule has 188 valence electrons. The highest BCUT2D eigenvalue weighted by atomic mass is 16.5. The average molecular weight is 507 g/mol. The number of carbonyl (C=O) groups is 1. The molecule has 2 N–H and O–H groups in total. The van der Waals surface area contributed by atoms with Gasteiger partial charge >= 0.3 is 6.03 Å². The first-order chi connectivity index (χ1) is 18.5. The lowest BCUT2D eigenvalue weighted by atomic mass is 10.2. The minimum atomic E-state index is -0.361. The highest BCUT2D eigenvalue weighted by Gasteiger charge is 2.10. The fourth-order valence-electron chi connectivity index (χ4n) is 3.95. The number of ether oxygens (including phenoxy) is 2. The number of benzene rings is 2. The van der Waals surface area contributed by atoms with Crippen molar-refractivity contribution in [1.82, 2.24) is 29.2 Å². The summed E-state index contributed by atoms with van der Waals surface area (Å²) in [5, 5.41) is 13.9. The van der Waals surface area contributed by atoms with Crippen LogP contribution in [0.5, 0.6) is 23.0 Å². The third kappa shape index (κ3) is 4.80. The van der Waals surface area contributed by atoms with E-state index in [0.29, 0.717) is 45.7 Å². The van der Waals surface area contributed by atoms with Crippen LogP contribution in [-0.4, -0.2) is 35.2 Å². The molecule has 2 amide bonds. The monoisotopic (exact) mass is 506 g/mol. The van der Waals surface area contributed by atoms with E-state index in [2.05, 4.69) is 30.8 Å². The van der Waals surface area contributed by atoms with Crippen LogP contribution >= 0.6 is 0 Å². The molecule has 0 radical (unpaired) electrons. The summed E-state index contributed by atoms with van der Waals surface area (Å²) in [6.07, 6.45) is 6.54. The third-order valence-electron chi connectivity index (χ3n) is 5.83. The minimum absolute atomic E-state index is 0.361. The van der Waals surface area contributed by atoms with Gasteiger partial charge in [-0.15, -0.1) is 0 Å². The minimum Gasteiger partial charge on any atom is -0.457 e. The van der Waals surface area contributed by atoms with Crippen molar-refractivity contribution in [3.63, 3.8) is 0 Å². The number of carbonyl (C=O) groups excluding carboxylic acids is 1. The molecule has 6 aromatic rings. The lowest BCUT2D eigenvalue weighted by molar-refractivity contribution is 0.262. The Balaban J connectivity index is 1.08. The van der Waals surface area contributed by atoms with Crippen molar-refractivity contribution < 1.29 is 14.3 Å². The van der Waals surface area contributed by atoms with Crippen LogP contribution in [0.1, 0.15) is 11.1 Å². The van der Waals surface area contributed by atoms with Gasteiger partial charge in [0.2, 0.25) is 0 Å². The molecule has 0 saturated carbocycles. The highest BCUT2D eigenvalue weighted by Crippen LogP contribution is 2.29. The summed E-state index contributed by atoms with van der Waals surface area (Å²) in [4.78, 5) is 21.0. The summed E-state index contributed by atoms with van der Waals surface area (Å²) >= 11 is 0. The largest absolute Gasteiger partial charge is 0.457 e. The van der Waals surface area contributed by atoms with Crippen molar-refractivity contribution in [3.05, 3.63) is 96.8 Å². The van der Waals surface area contributed by atoms with E-state index in [0.717, 1.165) is 11.1 Å². The van der Waals surface area contributed by atoms with E-state index < -0.39 is 0 Å². The molecule has 2 aromatic carbocycles. The number of urea groups is 1. The van der Waals surface area contributed by atoms with Crippen LogP contribution in [0.15, 0.2) is 85.7 Å². The molecular formula is C27H22N8O3. The van der Waals surface area contributed by atoms with Crippen molar-refractivity contribution in [1.29, 1.82) is 0 Å². The number of hydrogen-bond acceptors (Lipinski definition) is 7. The summed E-state index contributed by atoms with van der Waals surface area (Å²) in [6, 6.07) is 17.8. The van der Waals surface area contributed by atoms with Gasteiger partial charge in [-0.05, 0) is 73.5 Å². The molecule has 11 nitrogen and oxygen atoms in total. The van der Waals surface area contributed by atoms with Crippen LogP contribution < -0.4 is 20.1 Å². The molecule has 0 saturated heterocycles. The molecule has 0 fully saturated rings. The number of rotatable bonds is 6. The van der Waals surface area contributed by atoms with Gasteiger partial charge in [0.1, 0.15) is 35.7 Å². The van der Waals surface area contributed by atoms with Crippen molar-refractivity contribution in [2.24, 2.45) is 0 Å². The normalized spacial score (nSPS) is 11.0. The quantitative estimate of drug-likeness (QED) is 0.301. The molecular weight excluding hydrogens is 484 g/mol. The highest BCUT2D eigenvalue weighted by molar-refractivity contribution is 6.00. The first-order valence-electron chi connectivity index (χ1n) is 11.7. The van der Waals surface area contributed by atoms with Gasteiger partial charge in [-0.3, -0.25) is 0 Å². The predicted octanol–water partition coefficient (Wildman–Crippen LogP) is 5.62. The second-order valence-corrected chi connectivity index (χ2v) is 8.59.